The van der Waals surface area contributed by atoms with Gasteiger partial charge in [-0.1, -0.05) is 36.4 Å². The average molecular weight is 379 g/mol. The second kappa shape index (κ2) is 8.81. The van der Waals surface area contributed by atoms with Crippen molar-refractivity contribution in [2.24, 2.45) is 0 Å². The highest BCUT2D eigenvalue weighted by molar-refractivity contribution is 5.96. The molecule has 28 heavy (non-hydrogen) atoms. The summed E-state index contributed by atoms with van der Waals surface area (Å²) in [5.74, 6) is -0.746. The van der Waals surface area contributed by atoms with Gasteiger partial charge < -0.3 is 14.8 Å². The van der Waals surface area contributed by atoms with E-state index in [2.05, 4.69) is 5.32 Å². The number of nitrogens with one attached hydrogen (secondary N) is 1. The van der Waals surface area contributed by atoms with E-state index in [-0.39, 0.29) is 5.56 Å². The molecule has 5 nitrogen and oxygen atoms in total. The molecule has 1 amide bonds. The van der Waals surface area contributed by atoms with E-state index in [1.165, 1.54) is 12.1 Å². The van der Waals surface area contributed by atoms with Crippen LogP contribution in [0.3, 0.4) is 0 Å². The molecule has 0 aromatic heterocycles. The van der Waals surface area contributed by atoms with E-state index in [9.17, 15) is 14.0 Å². The molecule has 0 heterocycles. The minimum absolute atomic E-state index is 0.0451. The fraction of sp³-hybridized carbons (Fsp3) is 0.0909. The summed E-state index contributed by atoms with van der Waals surface area (Å²) in [6.45, 7) is 1.08. The van der Waals surface area contributed by atoms with Gasteiger partial charge in [0.25, 0.3) is 5.91 Å². The number of carbonyl (C=O) groups is 2. The summed E-state index contributed by atoms with van der Waals surface area (Å²) in [6, 6.07) is 20.0. The number of anilines is 1. The summed E-state index contributed by atoms with van der Waals surface area (Å²) in [4.78, 5) is 24.1. The molecule has 3 rings (SSSR count). The van der Waals surface area contributed by atoms with Crippen molar-refractivity contribution in [2.45, 2.75) is 6.92 Å². The zero-order chi connectivity index (χ0) is 19.9. The van der Waals surface area contributed by atoms with E-state index in [0.717, 1.165) is 6.07 Å². The number of benzene rings is 3. The van der Waals surface area contributed by atoms with Crippen LogP contribution in [0.15, 0.2) is 72.8 Å². The zero-order valence-corrected chi connectivity index (χ0v) is 15.1. The van der Waals surface area contributed by atoms with Gasteiger partial charge in [0.1, 0.15) is 11.6 Å². The van der Waals surface area contributed by atoms with Crippen molar-refractivity contribution in [1.82, 2.24) is 0 Å². The molecule has 0 bridgehead atoms. The largest absolute Gasteiger partial charge is 0.455 e. The third-order valence-corrected chi connectivity index (χ3v) is 3.87. The zero-order valence-electron chi connectivity index (χ0n) is 15.1. The first-order chi connectivity index (χ1) is 13.5. The van der Waals surface area contributed by atoms with Crippen molar-refractivity contribution in [3.63, 3.8) is 0 Å². The SMILES string of the molecule is Cc1ccc(C(=O)OCC(=O)Nc2ccccc2Oc2ccccc2)cc1F. The van der Waals surface area contributed by atoms with Crippen LogP contribution in [-0.4, -0.2) is 18.5 Å². The summed E-state index contributed by atoms with van der Waals surface area (Å²) >= 11 is 0. The van der Waals surface area contributed by atoms with Crippen molar-refractivity contribution < 1.29 is 23.5 Å². The number of amides is 1. The molecule has 142 valence electrons. The molecule has 0 saturated carbocycles. The third kappa shape index (κ3) is 4.94. The first-order valence-electron chi connectivity index (χ1n) is 8.58. The molecule has 0 radical (unpaired) electrons. The number of carbonyl (C=O) groups excluding carboxylic acids is 2. The quantitative estimate of drug-likeness (QED) is 0.630. The van der Waals surface area contributed by atoms with Crippen molar-refractivity contribution in [1.29, 1.82) is 0 Å². The van der Waals surface area contributed by atoms with Gasteiger partial charge in [0.05, 0.1) is 11.3 Å². The van der Waals surface area contributed by atoms with Crippen molar-refractivity contribution >= 4 is 17.6 Å². The van der Waals surface area contributed by atoms with Crippen molar-refractivity contribution in [2.75, 3.05) is 11.9 Å². The summed E-state index contributed by atoms with van der Waals surface area (Å²) in [6.07, 6.45) is 0. The van der Waals surface area contributed by atoms with Gasteiger partial charge in [-0.3, -0.25) is 4.79 Å². The van der Waals surface area contributed by atoms with Crippen LogP contribution in [-0.2, 0) is 9.53 Å². The second-order valence-corrected chi connectivity index (χ2v) is 6.00. The number of hydrogen-bond acceptors (Lipinski definition) is 4. The number of para-hydroxylation sites is 3. The summed E-state index contributed by atoms with van der Waals surface area (Å²) in [5, 5.41) is 2.64. The Morgan fingerprint density at radius 1 is 0.964 bits per heavy atom. The predicted molar refractivity (Wildman–Crippen MR) is 103 cm³/mol. The Hall–Kier alpha value is -3.67. The van der Waals surface area contributed by atoms with Crippen LogP contribution in [0, 0.1) is 12.7 Å². The molecule has 6 heteroatoms. The maximum atomic E-state index is 13.5. The molecule has 0 saturated heterocycles. The number of rotatable bonds is 6. The van der Waals surface area contributed by atoms with Crippen LogP contribution in [0.5, 0.6) is 11.5 Å². The van der Waals surface area contributed by atoms with Gasteiger partial charge in [-0.2, -0.15) is 0 Å². The Labute approximate surface area is 161 Å². The van der Waals surface area contributed by atoms with Crippen LogP contribution >= 0.6 is 0 Å². The molecule has 0 unspecified atom stereocenters. The van der Waals surface area contributed by atoms with Gasteiger partial charge in [-0.15, -0.1) is 0 Å². The Kier molecular flexibility index (Phi) is 6.01. The molecule has 3 aromatic carbocycles. The van der Waals surface area contributed by atoms with E-state index in [1.54, 1.807) is 43.3 Å². The first kappa shape index (κ1) is 19.1. The Balaban J connectivity index is 1.60. The van der Waals surface area contributed by atoms with E-state index < -0.39 is 24.3 Å². The fourth-order valence-electron chi connectivity index (χ4n) is 2.39. The molecule has 0 atom stereocenters. The lowest BCUT2D eigenvalue weighted by Crippen LogP contribution is -2.21. The van der Waals surface area contributed by atoms with E-state index in [1.807, 2.05) is 18.2 Å². The lowest BCUT2D eigenvalue weighted by atomic mass is 10.1. The van der Waals surface area contributed by atoms with Gasteiger partial charge in [0.15, 0.2) is 12.4 Å². The summed E-state index contributed by atoms with van der Waals surface area (Å²) < 4.78 is 24.3. The highest BCUT2D eigenvalue weighted by Gasteiger charge is 2.13. The normalized spacial score (nSPS) is 10.2. The summed E-state index contributed by atoms with van der Waals surface area (Å²) in [5.41, 5.74) is 0.904. The molecule has 3 aromatic rings. The number of halogens is 1. The van der Waals surface area contributed by atoms with E-state index in [0.29, 0.717) is 22.7 Å². The van der Waals surface area contributed by atoms with Gasteiger partial charge >= 0.3 is 5.97 Å². The fourth-order valence-corrected chi connectivity index (χ4v) is 2.39. The van der Waals surface area contributed by atoms with E-state index >= 15 is 0 Å². The molecule has 0 spiro atoms. The lowest BCUT2D eigenvalue weighted by Gasteiger charge is -2.12. The van der Waals surface area contributed by atoms with Gasteiger partial charge in [0, 0.05) is 0 Å². The van der Waals surface area contributed by atoms with Crippen LogP contribution in [0.1, 0.15) is 15.9 Å². The second-order valence-electron chi connectivity index (χ2n) is 6.00. The minimum atomic E-state index is -0.775. The van der Waals surface area contributed by atoms with Crippen molar-refractivity contribution in [3.05, 3.63) is 89.7 Å². The Bertz CT molecular complexity index is 989. The maximum absolute atomic E-state index is 13.5. The Morgan fingerprint density at radius 2 is 1.68 bits per heavy atom. The van der Waals surface area contributed by atoms with Crippen LogP contribution in [0.2, 0.25) is 0 Å². The number of hydrogen-bond donors (Lipinski definition) is 1. The smallest absolute Gasteiger partial charge is 0.338 e. The van der Waals surface area contributed by atoms with E-state index in [4.69, 9.17) is 9.47 Å². The number of aryl methyl sites for hydroxylation is 1. The number of esters is 1. The molecule has 0 aliphatic rings. The first-order valence-corrected chi connectivity index (χ1v) is 8.58. The maximum Gasteiger partial charge on any atom is 0.338 e. The molecule has 0 aliphatic carbocycles. The lowest BCUT2D eigenvalue weighted by molar-refractivity contribution is -0.119. The van der Waals surface area contributed by atoms with Gasteiger partial charge in [-0.05, 0) is 48.9 Å². The molecule has 1 N–H and O–H groups in total. The molecular weight excluding hydrogens is 361 g/mol. The van der Waals surface area contributed by atoms with Gasteiger partial charge in [-0.25, -0.2) is 9.18 Å². The average Bonchev–Trinajstić information content (AvgIpc) is 2.70. The van der Waals surface area contributed by atoms with Crippen LogP contribution < -0.4 is 10.1 Å². The van der Waals surface area contributed by atoms with Crippen LogP contribution in [0.25, 0.3) is 0 Å². The highest BCUT2D eigenvalue weighted by atomic mass is 19.1. The molecule has 0 fully saturated rings. The molecule has 0 aliphatic heterocycles. The third-order valence-electron chi connectivity index (χ3n) is 3.87. The van der Waals surface area contributed by atoms with Gasteiger partial charge in [0.2, 0.25) is 0 Å². The summed E-state index contributed by atoms with van der Waals surface area (Å²) in [7, 11) is 0. The molecular formula is C22H18FNO4. The predicted octanol–water partition coefficient (Wildman–Crippen LogP) is 4.72. The topological polar surface area (TPSA) is 64.6 Å². The van der Waals surface area contributed by atoms with Crippen LogP contribution in [0.4, 0.5) is 10.1 Å². The monoisotopic (exact) mass is 379 g/mol. The number of ether oxygens (including phenoxy) is 2. The Morgan fingerprint density at radius 3 is 2.43 bits per heavy atom. The standard InChI is InChI=1S/C22H18FNO4/c1-15-11-12-16(13-18(15)23)22(26)27-14-21(25)24-19-9-5-6-10-20(19)28-17-7-3-2-4-8-17/h2-13H,14H2,1H3,(H,24,25). The highest BCUT2D eigenvalue weighted by Crippen LogP contribution is 2.29. The van der Waals surface area contributed by atoms with Crippen molar-refractivity contribution in [3.8, 4) is 11.5 Å². The minimum Gasteiger partial charge on any atom is -0.455 e.